The topological polar surface area (TPSA) is 64.4 Å². The van der Waals surface area contributed by atoms with Crippen molar-refractivity contribution in [1.82, 2.24) is 9.78 Å². The van der Waals surface area contributed by atoms with Crippen LogP contribution >= 0.6 is 0 Å². The number of aromatic nitrogens is 2. The van der Waals surface area contributed by atoms with Crippen LogP contribution in [0.4, 0.5) is 5.69 Å². The minimum absolute atomic E-state index is 0.301. The lowest BCUT2D eigenvalue weighted by Gasteiger charge is -2.21. The van der Waals surface area contributed by atoms with Crippen molar-refractivity contribution >= 4 is 17.6 Å². The molecule has 0 radical (unpaired) electrons. The molecular formula is C22H23N3O3. The molecule has 1 aromatic heterocycles. The monoisotopic (exact) mass is 377 g/mol. The predicted octanol–water partition coefficient (Wildman–Crippen LogP) is 3.70. The van der Waals surface area contributed by atoms with E-state index in [1.54, 1.807) is 25.6 Å². The molecule has 0 spiro atoms. The maximum absolute atomic E-state index is 12.8. The Morgan fingerprint density at radius 1 is 1.00 bits per heavy atom. The zero-order valence-electron chi connectivity index (χ0n) is 16.4. The van der Waals surface area contributed by atoms with Gasteiger partial charge in [0.25, 0.3) is 5.91 Å². The Hall–Kier alpha value is -3.41. The van der Waals surface area contributed by atoms with Crippen molar-refractivity contribution in [3.05, 3.63) is 77.6 Å². The van der Waals surface area contributed by atoms with E-state index in [1.807, 2.05) is 67.6 Å². The average Bonchev–Trinajstić information content (AvgIpc) is 3.02. The van der Waals surface area contributed by atoms with Crippen molar-refractivity contribution in [1.29, 1.82) is 0 Å². The summed E-state index contributed by atoms with van der Waals surface area (Å²) < 4.78 is 7.17. The van der Waals surface area contributed by atoms with E-state index < -0.39 is 12.1 Å². The number of nitrogens with zero attached hydrogens (tertiary/aromatic N) is 3. The van der Waals surface area contributed by atoms with E-state index in [2.05, 4.69) is 5.10 Å². The third-order valence-electron chi connectivity index (χ3n) is 4.60. The first-order valence-corrected chi connectivity index (χ1v) is 9.05. The van der Waals surface area contributed by atoms with Gasteiger partial charge in [-0.3, -0.25) is 4.79 Å². The van der Waals surface area contributed by atoms with Crippen molar-refractivity contribution in [2.75, 3.05) is 11.9 Å². The van der Waals surface area contributed by atoms with Gasteiger partial charge in [0.1, 0.15) is 5.56 Å². The van der Waals surface area contributed by atoms with Gasteiger partial charge in [0, 0.05) is 12.7 Å². The lowest BCUT2D eigenvalue weighted by molar-refractivity contribution is -0.126. The van der Waals surface area contributed by atoms with Crippen LogP contribution in [0, 0.1) is 13.8 Å². The van der Waals surface area contributed by atoms with Crippen molar-refractivity contribution < 1.29 is 14.3 Å². The summed E-state index contributed by atoms with van der Waals surface area (Å²) in [5, 5.41) is 4.46. The van der Waals surface area contributed by atoms with E-state index in [-0.39, 0.29) is 5.91 Å². The van der Waals surface area contributed by atoms with Gasteiger partial charge in [-0.15, -0.1) is 0 Å². The third-order valence-corrected chi connectivity index (χ3v) is 4.60. The summed E-state index contributed by atoms with van der Waals surface area (Å²) in [4.78, 5) is 26.9. The summed E-state index contributed by atoms with van der Waals surface area (Å²) in [6.07, 6.45) is -0.920. The summed E-state index contributed by atoms with van der Waals surface area (Å²) in [6.45, 7) is 5.14. The predicted molar refractivity (Wildman–Crippen MR) is 108 cm³/mol. The summed E-state index contributed by atoms with van der Waals surface area (Å²) in [5.74, 6) is -0.857. The summed E-state index contributed by atoms with van der Waals surface area (Å²) in [5.41, 5.74) is 3.20. The number of aryl methyl sites for hydroxylation is 1. The Morgan fingerprint density at radius 2 is 1.57 bits per heavy atom. The molecular weight excluding hydrogens is 354 g/mol. The number of likely N-dealkylation sites (N-methyl/N-ethyl adjacent to an activating group) is 1. The maximum Gasteiger partial charge on any atom is 0.342 e. The van der Waals surface area contributed by atoms with Gasteiger partial charge >= 0.3 is 5.97 Å². The molecule has 6 nitrogen and oxygen atoms in total. The number of rotatable bonds is 5. The fourth-order valence-corrected chi connectivity index (χ4v) is 3.08. The molecule has 0 aliphatic heterocycles. The number of hydrogen-bond acceptors (Lipinski definition) is 4. The molecule has 0 saturated heterocycles. The molecule has 1 heterocycles. The van der Waals surface area contributed by atoms with E-state index in [0.29, 0.717) is 17.0 Å². The van der Waals surface area contributed by atoms with Crippen LogP contribution in [-0.2, 0) is 9.53 Å². The number of carbonyl (C=O) groups is 2. The standard InChI is InChI=1S/C22H23N3O3/c1-15-20(16(2)25(23-15)19-13-9-6-10-14-19)22(27)28-17(3)21(26)24(4)18-11-7-5-8-12-18/h5-14,17H,1-4H3/t17-/m0/s1. The van der Waals surface area contributed by atoms with Crippen LogP contribution in [0.2, 0.25) is 0 Å². The molecule has 1 atom stereocenters. The highest BCUT2D eigenvalue weighted by Gasteiger charge is 2.27. The first-order valence-electron chi connectivity index (χ1n) is 9.05. The molecule has 144 valence electrons. The second kappa shape index (κ2) is 8.08. The molecule has 28 heavy (non-hydrogen) atoms. The number of esters is 1. The van der Waals surface area contributed by atoms with E-state index >= 15 is 0 Å². The van der Waals surface area contributed by atoms with Gasteiger partial charge in [0.05, 0.1) is 17.1 Å². The van der Waals surface area contributed by atoms with Crippen LogP contribution in [0.15, 0.2) is 60.7 Å². The van der Waals surface area contributed by atoms with Crippen molar-refractivity contribution in [2.24, 2.45) is 0 Å². The quantitative estimate of drug-likeness (QED) is 0.636. The van der Waals surface area contributed by atoms with Crippen LogP contribution in [-0.4, -0.2) is 34.8 Å². The summed E-state index contributed by atoms with van der Waals surface area (Å²) >= 11 is 0. The molecule has 0 aliphatic rings. The van der Waals surface area contributed by atoms with Crippen LogP contribution in [0.25, 0.3) is 5.69 Å². The Labute approximate surface area is 164 Å². The number of benzene rings is 2. The van der Waals surface area contributed by atoms with E-state index in [4.69, 9.17) is 4.74 Å². The normalized spacial score (nSPS) is 11.7. The highest BCUT2D eigenvalue weighted by Crippen LogP contribution is 2.20. The molecule has 2 aromatic carbocycles. The molecule has 0 fully saturated rings. The Balaban J connectivity index is 1.78. The van der Waals surface area contributed by atoms with Gasteiger partial charge in [-0.2, -0.15) is 5.10 Å². The van der Waals surface area contributed by atoms with E-state index in [9.17, 15) is 9.59 Å². The van der Waals surface area contributed by atoms with Crippen molar-refractivity contribution in [3.63, 3.8) is 0 Å². The van der Waals surface area contributed by atoms with Crippen LogP contribution in [0.5, 0.6) is 0 Å². The van der Waals surface area contributed by atoms with Gasteiger partial charge in [0.2, 0.25) is 0 Å². The first-order chi connectivity index (χ1) is 13.4. The second-order valence-corrected chi connectivity index (χ2v) is 6.57. The zero-order chi connectivity index (χ0) is 20.3. The van der Waals surface area contributed by atoms with E-state index in [0.717, 1.165) is 11.4 Å². The highest BCUT2D eigenvalue weighted by atomic mass is 16.5. The number of ether oxygens (including phenoxy) is 1. The molecule has 1 amide bonds. The number of amides is 1. The highest BCUT2D eigenvalue weighted by molar-refractivity contribution is 5.99. The minimum Gasteiger partial charge on any atom is -0.449 e. The van der Waals surface area contributed by atoms with Crippen LogP contribution in [0.3, 0.4) is 0 Å². The number of carbonyl (C=O) groups excluding carboxylic acids is 2. The SMILES string of the molecule is Cc1nn(-c2ccccc2)c(C)c1C(=O)O[C@@H](C)C(=O)N(C)c1ccccc1. The van der Waals surface area contributed by atoms with Crippen molar-refractivity contribution in [3.8, 4) is 5.69 Å². The smallest absolute Gasteiger partial charge is 0.342 e. The molecule has 6 heteroatoms. The fraction of sp³-hybridized carbons (Fsp3) is 0.227. The molecule has 0 bridgehead atoms. The lowest BCUT2D eigenvalue weighted by atomic mass is 10.2. The molecule has 0 aliphatic carbocycles. The lowest BCUT2D eigenvalue weighted by Crippen LogP contribution is -2.37. The minimum atomic E-state index is -0.920. The fourth-order valence-electron chi connectivity index (χ4n) is 3.08. The Morgan fingerprint density at radius 3 is 2.18 bits per heavy atom. The number of hydrogen-bond donors (Lipinski definition) is 0. The molecule has 3 rings (SSSR count). The third kappa shape index (κ3) is 3.81. The average molecular weight is 377 g/mol. The van der Waals surface area contributed by atoms with Gasteiger partial charge < -0.3 is 9.64 Å². The molecule has 3 aromatic rings. The van der Waals surface area contributed by atoms with Crippen LogP contribution in [0.1, 0.15) is 28.7 Å². The van der Waals surface area contributed by atoms with Gasteiger partial charge in [-0.05, 0) is 45.0 Å². The van der Waals surface area contributed by atoms with E-state index in [1.165, 1.54) is 4.90 Å². The zero-order valence-corrected chi connectivity index (χ0v) is 16.4. The molecule has 0 N–H and O–H groups in total. The Kier molecular flexibility index (Phi) is 5.59. The molecule has 0 saturated carbocycles. The van der Waals surface area contributed by atoms with Gasteiger partial charge in [-0.25, -0.2) is 9.48 Å². The first kappa shape index (κ1) is 19.4. The van der Waals surface area contributed by atoms with Crippen LogP contribution < -0.4 is 4.90 Å². The number of para-hydroxylation sites is 2. The summed E-state index contributed by atoms with van der Waals surface area (Å²) in [6, 6.07) is 18.8. The number of anilines is 1. The summed E-state index contributed by atoms with van der Waals surface area (Å²) in [7, 11) is 1.66. The molecule has 0 unspecified atom stereocenters. The largest absolute Gasteiger partial charge is 0.449 e. The second-order valence-electron chi connectivity index (χ2n) is 6.57. The van der Waals surface area contributed by atoms with Gasteiger partial charge in [-0.1, -0.05) is 36.4 Å². The van der Waals surface area contributed by atoms with Gasteiger partial charge in [0.15, 0.2) is 6.10 Å². The Bertz CT molecular complexity index is 981. The van der Waals surface area contributed by atoms with Crippen molar-refractivity contribution in [2.45, 2.75) is 26.9 Å². The maximum atomic E-state index is 12.8.